The maximum absolute atomic E-state index is 13.4. The summed E-state index contributed by atoms with van der Waals surface area (Å²) in [6, 6.07) is 16.1. The molecular weight excluding hydrogens is 342 g/mol. The zero-order chi connectivity index (χ0) is 18.5. The van der Waals surface area contributed by atoms with Crippen LogP contribution >= 0.6 is 0 Å². The Bertz CT molecular complexity index is 1250. The first-order valence-electron chi connectivity index (χ1n) is 8.72. The van der Waals surface area contributed by atoms with E-state index >= 15 is 0 Å². The van der Waals surface area contributed by atoms with Crippen LogP contribution < -0.4 is 5.32 Å². The van der Waals surface area contributed by atoms with Gasteiger partial charge >= 0.3 is 0 Å². The van der Waals surface area contributed by atoms with Crippen LogP contribution in [0.5, 0.6) is 0 Å². The summed E-state index contributed by atoms with van der Waals surface area (Å²) in [4.78, 5) is 26.6. The average molecular weight is 357 g/mol. The van der Waals surface area contributed by atoms with E-state index < -0.39 is 0 Å². The molecule has 1 aromatic heterocycles. The molecule has 0 unspecified atom stereocenters. The van der Waals surface area contributed by atoms with E-state index in [1.807, 2.05) is 24.3 Å². The van der Waals surface area contributed by atoms with Crippen molar-refractivity contribution in [2.45, 2.75) is 0 Å². The second-order valence-corrected chi connectivity index (χ2v) is 6.50. The maximum Gasteiger partial charge on any atom is 0.196 e. The minimum atomic E-state index is -0.201. The van der Waals surface area contributed by atoms with E-state index in [4.69, 9.17) is 4.42 Å². The second-order valence-electron chi connectivity index (χ2n) is 6.50. The third-order valence-electron chi connectivity index (χ3n) is 4.97. The third-order valence-corrected chi connectivity index (χ3v) is 4.97. The van der Waals surface area contributed by atoms with Crippen LogP contribution in [0.4, 0.5) is 5.69 Å². The van der Waals surface area contributed by atoms with Crippen molar-refractivity contribution in [1.29, 1.82) is 0 Å². The maximum atomic E-state index is 13.4. The molecule has 5 rings (SSSR count). The van der Waals surface area contributed by atoms with E-state index in [1.54, 1.807) is 30.3 Å². The molecule has 0 fully saturated rings. The minimum Gasteiger partial charge on any atom is -0.456 e. The van der Waals surface area contributed by atoms with Crippen LogP contribution in [0.25, 0.3) is 21.9 Å². The number of hydrogen-bond acceptors (Lipinski definition) is 5. The number of carbonyl (C=O) groups excluding carboxylic acids is 2. The smallest absolute Gasteiger partial charge is 0.196 e. The monoisotopic (exact) mass is 357 g/mol. The lowest BCUT2D eigenvalue weighted by molar-refractivity contribution is 0.0981. The molecule has 5 heteroatoms. The molecule has 1 heterocycles. The highest BCUT2D eigenvalue weighted by molar-refractivity contribution is 6.35. The Balaban J connectivity index is 1.93. The molecule has 2 N–H and O–H groups in total. The largest absolute Gasteiger partial charge is 0.456 e. The lowest BCUT2D eigenvalue weighted by atomic mass is 9.81. The number of benzene rings is 3. The van der Waals surface area contributed by atoms with Crippen LogP contribution in [0.3, 0.4) is 0 Å². The van der Waals surface area contributed by atoms with Crippen molar-refractivity contribution >= 4 is 39.2 Å². The first kappa shape index (κ1) is 15.8. The molecule has 0 aliphatic heterocycles. The number of rotatable bonds is 3. The fourth-order valence-electron chi connectivity index (χ4n) is 3.83. The van der Waals surface area contributed by atoms with Gasteiger partial charge in [0.25, 0.3) is 0 Å². The Morgan fingerprint density at radius 2 is 1.52 bits per heavy atom. The number of para-hydroxylation sites is 1. The van der Waals surface area contributed by atoms with Gasteiger partial charge in [0, 0.05) is 45.8 Å². The van der Waals surface area contributed by atoms with Crippen LogP contribution in [-0.4, -0.2) is 29.8 Å². The fourth-order valence-corrected chi connectivity index (χ4v) is 3.83. The van der Waals surface area contributed by atoms with Crippen molar-refractivity contribution in [2.24, 2.45) is 0 Å². The van der Waals surface area contributed by atoms with Gasteiger partial charge in [0.1, 0.15) is 11.2 Å². The second kappa shape index (κ2) is 5.79. The topological polar surface area (TPSA) is 79.5 Å². The molecule has 3 aromatic carbocycles. The van der Waals surface area contributed by atoms with Crippen molar-refractivity contribution in [2.75, 3.05) is 18.5 Å². The van der Waals surface area contributed by atoms with Gasteiger partial charge in [-0.2, -0.15) is 0 Å². The van der Waals surface area contributed by atoms with Crippen molar-refractivity contribution in [3.05, 3.63) is 76.9 Å². The Labute approximate surface area is 154 Å². The van der Waals surface area contributed by atoms with Gasteiger partial charge in [-0.05, 0) is 6.07 Å². The van der Waals surface area contributed by atoms with Crippen LogP contribution in [-0.2, 0) is 0 Å². The van der Waals surface area contributed by atoms with E-state index in [2.05, 4.69) is 5.32 Å². The van der Waals surface area contributed by atoms with Gasteiger partial charge < -0.3 is 14.8 Å². The number of ketones is 2. The van der Waals surface area contributed by atoms with Crippen LogP contribution in [0.2, 0.25) is 0 Å². The summed E-state index contributed by atoms with van der Waals surface area (Å²) in [7, 11) is 0. The predicted molar refractivity (Wildman–Crippen MR) is 103 cm³/mol. The van der Waals surface area contributed by atoms with Crippen LogP contribution in [0, 0.1) is 0 Å². The molecule has 0 amide bonds. The van der Waals surface area contributed by atoms with E-state index in [-0.39, 0.29) is 24.7 Å². The van der Waals surface area contributed by atoms with E-state index in [0.29, 0.717) is 44.5 Å². The molecule has 0 saturated heterocycles. The summed E-state index contributed by atoms with van der Waals surface area (Å²) < 4.78 is 5.94. The van der Waals surface area contributed by atoms with Gasteiger partial charge in [0.2, 0.25) is 0 Å². The number of anilines is 1. The minimum absolute atomic E-state index is 0.0916. The SMILES string of the molecule is O=C1c2ccccc2C(=O)c2c1c(NCCO)cc1oc3ccccc3c21. The van der Waals surface area contributed by atoms with Crippen LogP contribution in [0.15, 0.2) is 59.0 Å². The molecule has 0 spiro atoms. The highest BCUT2D eigenvalue weighted by Crippen LogP contribution is 2.41. The lowest BCUT2D eigenvalue weighted by Gasteiger charge is -2.21. The summed E-state index contributed by atoms with van der Waals surface area (Å²) in [6.07, 6.45) is 0. The average Bonchev–Trinajstić information content (AvgIpc) is 3.07. The Hall–Kier alpha value is -3.44. The molecular formula is C22H15NO4. The molecule has 132 valence electrons. The van der Waals surface area contributed by atoms with Crippen molar-refractivity contribution in [3.8, 4) is 0 Å². The summed E-state index contributed by atoms with van der Waals surface area (Å²) in [5, 5.41) is 13.7. The zero-order valence-corrected chi connectivity index (χ0v) is 14.3. The predicted octanol–water partition coefficient (Wildman–Crippen LogP) is 3.77. The molecule has 5 nitrogen and oxygen atoms in total. The quantitative estimate of drug-likeness (QED) is 0.514. The van der Waals surface area contributed by atoms with E-state index in [9.17, 15) is 14.7 Å². The molecule has 4 aromatic rings. The molecule has 0 radical (unpaired) electrons. The summed E-state index contributed by atoms with van der Waals surface area (Å²) in [6.45, 7) is 0.174. The highest BCUT2D eigenvalue weighted by Gasteiger charge is 2.34. The lowest BCUT2D eigenvalue weighted by Crippen LogP contribution is -2.23. The van der Waals surface area contributed by atoms with Crippen molar-refractivity contribution in [1.82, 2.24) is 0 Å². The molecule has 27 heavy (non-hydrogen) atoms. The van der Waals surface area contributed by atoms with Crippen LogP contribution in [0.1, 0.15) is 31.8 Å². The van der Waals surface area contributed by atoms with Gasteiger partial charge in [-0.1, -0.05) is 42.5 Å². The first-order valence-corrected chi connectivity index (χ1v) is 8.72. The molecule has 1 aliphatic rings. The van der Waals surface area contributed by atoms with Gasteiger partial charge in [-0.15, -0.1) is 0 Å². The normalized spacial score (nSPS) is 13.1. The number of hydrogen-bond donors (Lipinski definition) is 2. The first-order chi connectivity index (χ1) is 13.2. The summed E-state index contributed by atoms with van der Waals surface area (Å²) >= 11 is 0. The zero-order valence-electron chi connectivity index (χ0n) is 14.3. The molecule has 1 aliphatic carbocycles. The van der Waals surface area contributed by atoms with Gasteiger partial charge in [0.05, 0.1) is 12.2 Å². The van der Waals surface area contributed by atoms with E-state index in [1.165, 1.54) is 0 Å². The fraction of sp³-hybridized carbons (Fsp3) is 0.0909. The Morgan fingerprint density at radius 1 is 0.852 bits per heavy atom. The number of fused-ring (bicyclic) bond motifs is 6. The van der Waals surface area contributed by atoms with Crippen molar-refractivity contribution in [3.63, 3.8) is 0 Å². The number of furan rings is 1. The van der Waals surface area contributed by atoms with Gasteiger partial charge in [-0.3, -0.25) is 9.59 Å². The number of nitrogens with one attached hydrogen (secondary N) is 1. The molecule has 0 bridgehead atoms. The highest BCUT2D eigenvalue weighted by atomic mass is 16.3. The summed E-state index contributed by atoms with van der Waals surface area (Å²) in [5.41, 5.74) is 3.20. The van der Waals surface area contributed by atoms with Gasteiger partial charge in [0.15, 0.2) is 11.6 Å². The molecule has 0 atom stereocenters. The number of aliphatic hydroxyl groups excluding tert-OH is 1. The third kappa shape index (κ3) is 2.15. The Morgan fingerprint density at radius 3 is 2.26 bits per heavy atom. The Kier molecular flexibility index (Phi) is 3.39. The number of carbonyl (C=O) groups is 2. The summed E-state index contributed by atoms with van der Waals surface area (Å²) in [5.74, 6) is -0.391. The van der Waals surface area contributed by atoms with Gasteiger partial charge in [-0.25, -0.2) is 0 Å². The molecule has 0 saturated carbocycles. The van der Waals surface area contributed by atoms with E-state index in [0.717, 1.165) is 5.39 Å². The standard InChI is InChI=1S/C22H15NO4/c24-10-9-23-15-11-17-18(14-7-3-4-8-16(14)27-17)20-19(15)21(25)12-5-1-2-6-13(12)22(20)26/h1-8,11,23-24H,9-10H2. The van der Waals surface area contributed by atoms with Crippen molar-refractivity contribution < 1.29 is 19.1 Å². The number of aliphatic hydroxyl groups is 1.